The molecule has 0 N–H and O–H groups in total. The van der Waals surface area contributed by atoms with Crippen molar-refractivity contribution in [2.75, 3.05) is 0 Å². The topological polar surface area (TPSA) is 17.1 Å². The summed E-state index contributed by atoms with van der Waals surface area (Å²) >= 11 is 0. The minimum atomic E-state index is 0. The van der Waals surface area contributed by atoms with Gasteiger partial charge in [0.1, 0.15) is 6.79 Å². The van der Waals surface area contributed by atoms with E-state index in [-0.39, 0.29) is 90.1 Å². The molecule has 0 saturated carbocycles. The molecule has 0 aromatic carbocycles. The van der Waals surface area contributed by atoms with Gasteiger partial charge in [0.05, 0.1) is 0 Å². The van der Waals surface area contributed by atoms with Gasteiger partial charge < -0.3 is 76.7 Å². The summed E-state index contributed by atoms with van der Waals surface area (Å²) in [5.74, 6) is 0. The van der Waals surface area contributed by atoms with Crippen molar-refractivity contribution in [1.82, 2.24) is 0 Å². The molecule has 0 bridgehead atoms. The monoisotopic (exact) mass is 471 g/mol. The molecule has 0 unspecified atom stereocenters. The molecule has 0 rings (SSSR count). The molecule has 0 aromatic rings. The first-order valence-electron chi connectivity index (χ1n) is 0.289. The summed E-state index contributed by atoms with van der Waals surface area (Å²) in [6.45, 7) is 2.00. The summed E-state index contributed by atoms with van der Waals surface area (Å²) in [6.07, 6.45) is 0. The van der Waals surface area contributed by atoms with Crippen molar-refractivity contribution in [2.45, 2.75) is 0 Å². The first-order valence-corrected chi connectivity index (χ1v) is 0.289. The summed E-state index contributed by atoms with van der Waals surface area (Å²) in [4.78, 5) is 8.00. The number of carbonyl (C=O) groups is 1. The zero-order valence-electron chi connectivity index (χ0n) is 3.58. The van der Waals surface area contributed by atoms with Crippen LogP contribution in [0.25, 0.3) is 0 Å². The maximum absolute atomic E-state index is 8.00. The van der Waals surface area contributed by atoms with Crippen LogP contribution >= 0.6 is 0 Å². The van der Waals surface area contributed by atoms with Gasteiger partial charge in [-0.2, -0.15) is 0 Å². The van der Waals surface area contributed by atoms with Gasteiger partial charge >= 0.3 is 18.2 Å². The maximum Gasteiger partial charge on any atom is 2.00 e. The van der Waals surface area contributed by atoms with E-state index in [1.165, 1.54) is 0 Å². The SMILES string of the molecule is C=O.[Co+2].[H+].[I-].[I-].[I-]. The van der Waals surface area contributed by atoms with Crippen LogP contribution in [0.5, 0.6) is 0 Å². The smallest absolute Gasteiger partial charge is 1.00 e. The number of rotatable bonds is 0. The van der Waals surface area contributed by atoms with E-state index in [1.807, 2.05) is 6.79 Å². The van der Waals surface area contributed by atoms with Gasteiger partial charge in [0.2, 0.25) is 0 Å². The van der Waals surface area contributed by atoms with Gasteiger partial charge in [0, 0.05) is 0 Å². The Morgan fingerprint density at radius 3 is 1.00 bits per heavy atom. The van der Waals surface area contributed by atoms with Gasteiger partial charge in [-0.1, -0.05) is 0 Å². The molecular formula is CH3CoI3O. The van der Waals surface area contributed by atoms with Crippen LogP contribution in [-0.2, 0) is 21.6 Å². The van der Waals surface area contributed by atoms with E-state index in [0.29, 0.717) is 0 Å². The van der Waals surface area contributed by atoms with Gasteiger partial charge in [-0.3, -0.25) is 0 Å². The third-order valence-corrected chi connectivity index (χ3v) is 0. The summed E-state index contributed by atoms with van der Waals surface area (Å²) in [6, 6.07) is 0. The Hall–Kier alpha value is 2.37. The van der Waals surface area contributed by atoms with Gasteiger partial charge in [-0.05, 0) is 0 Å². The van der Waals surface area contributed by atoms with E-state index in [9.17, 15) is 0 Å². The second-order valence-corrected chi connectivity index (χ2v) is 0. The van der Waals surface area contributed by atoms with Gasteiger partial charge in [0.15, 0.2) is 0 Å². The first kappa shape index (κ1) is 40.1. The molecule has 0 atom stereocenters. The first-order chi connectivity index (χ1) is 1.00. The average molecular weight is 471 g/mol. The third-order valence-electron chi connectivity index (χ3n) is 0. The fourth-order valence-electron chi connectivity index (χ4n) is 0. The van der Waals surface area contributed by atoms with Crippen molar-refractivity contribution in [1.29, 1.82) is 0 Å². The molecule has 0 saturated heterocycles. The van der Waals surface area contributed by atoms with Gasteiger partial charge in [0.25, 0.3) is 0 Å². The predicted molar refractivity (Wildman–Crippen MR) is 8.23 cm³/mol. The standard InChI is InChI=1S/CH2O.Co.3HI/c1-2;;;;/h1H2;;3*1H/q;+2;;;/p-2. The normalized spacial score (nSPS) is 0.667. The molecule has 5 heteroatoms. The summed E-state index contributed by atoms with van der Waals surface area (Å²) in [7, 11) is 0. The molecule has 1 nitrogen and oxygen atoms in total. The maximum atomic E-state index is 8.00. The number of halogens is 3. The summed E-state index contributed by atoms with van der Waals surface area (Å²) in [5, 5.41) is 0. The van der Waals surface area contributed by atoms with Crippen molar-refractivity contribution < 1.29 is 94.9 Å². The molecule has 1 radical (unpaired) electrons. The Bertz CT molecular complexity index is 14.9. The van der Waals surface area contributed by atoms with Crippen LogP contribution in [0.1, 0.15) is 1.43 Å². The zero-order valence-corrected chi connectivity index (χ0v) is 10.1. The van der Waals surface area contributed by atoms with E-state index in [4.69, 9.17) is 4.79 Å². The van der Waals surface area contributed by atoms with E-state index >= 15 is 0 Å². The van der Waals surface area contributed by atoms with Crippen molar-refractivity contribution in [3.05, 3.63) is 0 Å². The largest absolute Gasteiger partial charge is 2.00 e. The quantitative estimate of drug-likeness (QED) is 0.322. The Kier molecular flexibility index (Phi) is 356. The molecule has 0 amide bonds. The number of hydrogen-bond acceptors (Lipinski definition) is 1. The van der Waals surface area contributed by atoms with E-state index in [0.717, 1.165) is 0 Å². The van der Waals surface area contributed by atoms with Crippen LogP contribution in [-0.4, -0.2) is 6.79 Å². The Morgan fingerprint density at radius 1 is 1.00 bits per heavy atom. The van der Waals surface area contributed by atoms with Crippen LogP contribution in [0.3, 0.4) is 0 Å². The molecule has 0 aliphatic carbocycles. The number of hydrogen-bond donors (Lipinski definition) is 0. The van der Waals surface area contributed by atoms with Crippen molar-refractivity contribution in [3.63, 3.8) is 0 Å². The van der Waals surface area contributed by atoms with Crippen LogP contribution in [0.4, 0.5) is 0 Å². The van der Waals surface area contributed by atoms with E-state index in [1.54, 1.807) is 0 Å². The Balaban J connectivity index is -0.000000000500. The fourth-order valence-corrected chi connectivity index (χ4v) is 0. The molecule has 43 valence electrons. The van der Waals surface area contributed by atoms with Crippen molar-refractivity contribution >= 4 is 6.79 Å². The third kappa shape index (κ3) is 32.7. The van der Waals surface area contributed by atoms with Crippen LogP contribution in [0, 0.1) is 0 Å². The number of carbonyl (C=O) groups excluding carboxylic acids is 1. The van der Waals surface area contributed by atoms with Gasteiger partial charge in [-0.15, -0.1) is 0 Å². The molecular weight excluding hydrogens is 468 g/mol. The molecule has 0 aliphatic rings. The van der Waals surface area contributed by atoms with Crippen molar-refractivity contribution in [2.24, 2.45) is 0 Å². The van der Waals surface area contributed by atoms with Crippen LogP contribution in [0.15, 0.2) is 0 Å². The Labute approximate surface area is 100 Å². The van der Waals surface area contributed by atoms with Crippen LogP contribution < -0.4 is 71.9 Å². The van der Waals surface area contributed by atoms with Crippen LogP contribution in [0.2, 0.25) is 0 Å². The molecule has 0 aliphatic heterocycles. The molecule has 0 heterocycles. The van der Waals surface area contributed by atoms with E-state index in [2.05, 4.69) is 0 Å². The Morgan fingerprint density at radius 2 is 1.00 bits per heavy atom. The summed E-state index contributed by atoms with van der Waals surface area (Å²) < 4.78 is 0. The average Bonchev–Trinajstić information content (AvgIpc) is 1.00. The van der Waals surface area contributed by atoms with Crippen molar-refractivity contribution in [3.8, 4) is 0 Å². The molecule has 0 fully saturated rings. The van der Waals surface area contributed by atoms with E-state index < -0.39 is 0 Å². The molecule has 0 aromatic heterocycles. The minimum absolute atomic E-state index is 0. The second kappa shape index (κ2) is 53.3. The second-order valence-electron chi connectivity index (χ2n) is 0. The predicted octanol–water partition coefficient (Wildman–Crippen LogP) is -9.06. The van der Waals surface area contributed by atoms with Gasteiger partial charge in [-0.25, -0.2) is 0 Å². The molecule has 6 heavy (non-hydrogen) atoms. The summed E-state index contributed by atoms with van der Waals surface area (Å²) in [5.41, 5.74) is 0. The zero-order chi connectivity index (χ0) is 2.00. The fraction of sp³-hybridized carbons (Fsp3) is 0. The molecule has 0 spiro atoms. The minimum Gasteiger partial charge on any atom is -1.00 e.